The second kappa shape index (κ2) is 3.23. The number of rotatable bonds is 2. The number of nitrogens with two attached hydrogens (primary N) is 1. The molecule has 0 saturated carbocycles. The van der Waals surface area contributed by atoms with Crippen molar-refractivity contribution >= 4 is 5.91 Å². The van der Waals surface area contributed by atoms with E-state index < -0.39 is 11.9 Å². The molecule has 0 aliphatic rings. The van der Waals surface area contributed by atoms with Crippen LogP contribution in [0.5, 0.6) is 0 Å². The first-order chi connectivity index (χ1) is 3.72. The molecule has 1 amide bonds. The summed E-state index contributed by atoms with van der Waals surface area (Å²) in [5, 5.41) is 2.13. The zero-order valence-corrected chi connectivity index (χ0v) is 4.42. The standard InChI is InChI=1S/C3H7N3O2/c1-2(5-4)3(7)6-8/h2,5H,4H2,1H3. The molecule has 0 aromatic heterocycles. The second-order valence-corrected chi connectivity index (χ2v) is 1.32. The van der Waals surface area contributed by atoms with Gasteiger partial charge in [-0.3, -0.25) is 10.6 Å². The normalized spacial score (nSPS) is 12.8. The van der Waals surface area contributed by atoms with E-state index >= 15 is 0 Å². The molecule has 3 N–H and O–H groups in total. The molecule has 5 nitrogen and oxygen atoms in total. The lowest BCUT2D eigenvalue weighted by molar-refractivity contribution is -0.119. The monoisotopic (exact) mass is 117 g/mol. The van der Waals surface area contributed by atoms with Crippen molar-refractivity contribution in [3.8, 4) is 0 Å². The molecule has 0 bridgehead atoms. The Morgan fingerprint density at radius 1 is 1.88 bits per heavy atom. The topological polar surface area (TPSA) is 84.5 Å². The molecule has 46 valence electrons. The molecule has 0 aliphatic heterocycles. The Balaban J connectivity index is 3.62. The summed E-state index contributed by atoms with van der Waals surface area (Å²) < 4.78 is 0. The Morgan fingerprint density at radius 2 is 2.38 bits per heavy atom. The number of hydrogen-bond donors (Lipinski definition) is 2. The van der Waals surface area contributed by atoms with Crippen LogP contribution in [0.4, 0.5) is 0 Å². The van der Waals surface area contributed by atoms with Crippen LogP contribution in [-0.4, -0.2) is 11.9 Å². The van der Waals surface area contributed by atoms with Gasteiger partial charge in [-0.25, -0.2) is 5.43 Å². The van der Waals surface area contributed by atoms with Crippen LogP contribution >= 0.6 is 0 Å². The Kier molecular flexibility index (Phi) is 2.90. The van der Waals surface area contributed by atoms with Crippen molar-refractivity contribution in [2.75, 3.05) is 0 Å². The van der Waals surface area contributed by atoms with Crippen LogP contribution in [0.25, 0.3) is 0 Å². The fourth-order valence-electron chi connectivity index (χ4n) is 0.150. The van der Waals surface area contributed by atoms with Crippen LogP contribution in [0.1, 0.15) is 6.92 Å². The van der Waals surface area contributed by atoms with Crippen LogP contribution in [-0.2, 0) is 4.79 Å². The fourth-order valence-corrected chi connectivity index (χ4v) is 0.150. The van der Waals surface area contributed by atoms with Gasteiger partial charge in [-0.2, -0.15) is 0 Å². The van der Waals surface area contributed by atoms with Gasteiger partial charge in [0.25, 0.3) is 0 Å². The number of nitrogens with one attached hydrogen (secondary N) is 1. The molecule has 0 radical (unpaired) electrons. The van der Waals surface area contributed by atoms with Gasteiger partial charge in [-0.05, 0) is 6.92 Å². The van der Waals surface area contributed by atoms with E-state index in [0.29, 0.717) is 0 Å². The van der Waals surface area contributed by atoms with Crippen LogP contribution in [0, 0.1) is 4.91 Å². The molecule has 5 heteroatoms. The molecule has 0 saturated heterocycles. The quantitative estimate of drug-likeness (QED) is 0.280. The number of carbonyl (C=O) groups is 1. The average Bonchev–Trinajstić information content (AvgIpc) is 1.84. The Bertz CT molecular complexity index is 103. The molecular weight excluding hydrogens is 110 g/mol. The van der Waals surface area contributed by atoms with Crippen molar-refractivity contribution in [3.63, 3.8) is 0 Å². The molecule has 0 rings (SSSR count). The van der Waals surface area contributed by atoms with E-state index in [9.17, 15) is 9.70 Å². The molecule has 8 heavy (non-hydrogen) atoms. The van der Waals surface area contributed by atoms with E-state index in [1.54, 1.807) is 0 Å². The summed E-state index contributed by atoms with van der Waals surface area (Å²) in [5.74, 6) is 3.99. The Hall–Kier alpha value is -0.810. The molecule has 1 unspecified atom stereocenters. The second-order valence-electron chi connectivity index (χ2n) is 1.32. The summed E-state index contributed by atoms with van der Waals surface area (Å²) in [5.41, 5.74) is 2.07. The van der Waals surface area contributed by atoms with Gasteiger partial charge in [0.2, 0.25) is 0 Å². The predicted octanol–water partition coefficient (Wildman–Crippen LogP) is -0.869. The summed E-state index contributed by atoms with van der Waals surface area (Å²) in [6, 6.07) is -0.674. The highest BCUT2D eigenvalue weighted by Crippen LogP contribution is 1.80. The number of hydrogen-bond acceptors (Lipinski definition) is 4. The first-order valence-electron chi connectivity index (χ1n) is 2.05. The summed E-state index contributed by atoms with van der Waals surface area (Å²) in [6.45, 7) is 1.45. The predicted molar refractivity (Wildman–Crippen MR) is 27.6 cm³/mol. The van der Waals surface area contributed by atoms with Crippen LogP contribution < -0.4 is 11.3 Å². The number of carbonyl (C=O) groups excluding carboxylic acids is 1. The Morgan fingerprint density at radius 3 is 2.50 bits per heavy atom. The first-order valence-corrected chi connectivity index (χ1v) is 2.05. The van der Waals surface area contributed by atoms with Crippen molar-refractivity contribution in [3.05, 3.63) is 4.91 Å². The summed E-state index contributed by atoms with van der Waals surface area (Å²) >= 11 is 0. The Labute approximate surface area is 46.2 Å². The molecule has 1 atom stereocenters. The maximum Gasteiger partial charge on any atom is 0.304 e. The van der Waals surface area contributed by atoms with Crippen LogP contribution in [0.15, 0.2) is 5.18 Å². The molecular formula is C3H7N3O2. The molecule has 0 spiro atoms. The SMILES string of the molecule is CC(NN)C(=O)N=O. The summed E-state index contributed by atoms with van der Waals surface area (Å²) in [4.78, 5) is 19.5. The third-order valence-electron chi connectivity index (χ3n) is 0.710. The fraction of sp³-hybridized carbons (Fsp3) is 0.667. The van der Waals surface area contributed by atoms with E-state index in [-0.39, 0.29) is 0 Å². The van der Waals surface area contributed by atoms with E-state index in [1.165, 1.54) is 6.92 Å². The molecule has 0 fully saturated rings. The molecule has 0 aromatic carbocycles. The van der Waals surface area contributed by atoms with E-state index in [1.807, 2.05) is 0 Å². The van der Waals surface area contributed by atoms with Gasteiger partial charge in [0.1, 0.15) is 6.04 Å². The highest BCUT2D eigenvalue weighted by Gasteiger charge is 2.08. The largest absolute Gasteiger partial charge is 0.304 e. The van der Waals surface area contributed by atoms with Crippen LogP contribution in [0.2, 0.25) is 0 Å². The van der Waals surface area contributed by atoms with Crippen molar-refractivity contribution in [2.24, 2.45) is 11.0 Å². The third-order valence-corrected chi connectivity index (χ3v) is 0.710. The van der Waals surface area contributed by atoms with Gasteiger partial charge in [-0.1, -0.05) is 0 Å². The lowest BCUT2D eigenvalue weighted by Gasteiger charge is -1.98. The maximum atomic E-state index is 10.1. The van der Waals surface area contributed by atoms with Crippen LogP contribution in [0.3, 0.4) is 0 Å². The van der Waals surface area contributed by atoms with Crippen molar-refractivity contribution < 1.29 is 4.79 Å². The number of nitroso groups, excluding NO2 is 1. The first kappa shape index (κ1) is 7.19. The van der Waals surface area contributed by atoms with Gasteiger partial charge < -0.3 is 0 Å². The van der Waals surface area contributed by atoms with E-state index in [2.05, 4.69) is 10.6 Å². The van der Waals surface area contributed by atoms with Crippen molar-refractivity contribution in [2.45, 2.75) is 13.0 Å². The zero-order valence-electron chi connectivity index (χ0n) is 4.42. The molecule has 0 aliphatic carbocycles. The smallest absolute Gasteiger partial charge is 0.271 e. The molecule has 0 aromatic rings. The zero-order chi connectivity index (χ0) is 6.57. The van der Waals surface area contributed by atoms with E-state index in [0.717, 1.165) is 0 Å². The lowest BCUT2D eigenvalue weighted by Crippen LogP contribution is -2.37. The summed E-state index contributed by atoms with van der Waals surface area (Å²) in [7, 11) is 0. The van der Waals surface area contributed by atoms with Gasteiger partial charge in [0.15, 0.2) is 0 Å². The number of amides is 1. The minimum atomic E-state index is -0.785. The van der Waals surface area contributed by atoms with Crippen molar-refractivity contribution in [1.82, 2.24) is 5.43 Å². The summed E-state index contributed by atoms with van der Waals surface area (Å²) in [6.07, 6.45) is 0. The lowest BCUT2D eigenvalue weighted by atomic mass is 10.3. The van der Waals surface area contributed by atoms with Gasteiger partial charge in [-0.15, -0.1) is 4.91 Å². The van der Waals surface area contributed by atoms with E-state index in [4.69, 9.17) is 5.84 Å². The molecule has 0 heterocycles. The van der Waals surface area contributed by atoms with Gasteiger partial charge in [0, 0.05) is 5.18 Å². The van der Waals surface area contributed by atoms with Gasteiger partial charge in [0.05, 0.1) is 0 Å². The highest BCUT2D eigenvalue weighted by atomic mass is 16.3. The number of nitrogens with zero attached hydrogens (tertiary/aromatic N) is 1. The van der Waals surface area contributed by atoms with Gasteiger partial charge >= 0.3 is 5.91 Å². The number of hydrazine groups is 1. The average molecular weight is 117 g/mol. The minimum absolute atomic E-state index is 0.674. The van der Waals surface area contributed by atoms with Crippen molar-refractivity contribution in [1.29, 1.82) is 0 Å². The maximum absolute atomic E-state index is 10.1. The highest BCUT2D eigenvalue weighted by molar-refractivity contribution is 5.81. The third kappa shape index (κ3) is 1.76. The minimum Gasteiger partial charge on any atom is -0.271 e.